The van der Waals surface area contributed by atoms with E-state index in [9.17, 15) is 12.8 Å². The van der Waals surface area contributed by atoms with Crippen LogP contribution in [0.3, 0.4) is 0 Å². The first-order valence-corrected chi connectivity index (χ1v) is 10.8. The highest BCUT2D eigenvalue weighted by Gasteiger charge is 2.40. The Hall–Kier alpha value is -1.77. The average Bonchev–Trinajstić information content (AvgIpc) is 3.28. The second-order valence-corrected chi connectivity index (χ2v) is 9.00. The number of aryl methyl sites for hydroxylation is 2. The second-order valence-electron chi connectivity index (χ2n) is 7.11. The van der Waals surface area contributed by atoms with Gasteiger partial charge in [0.15, 0.2) is 0 Å². The van der Waals surface area contributed by atoms with Crippen LogP contribution in [0.1, 0.15) is 48.3 Å². The van der Waals surface area contributed by atoms with E-state index in [0.717, 1.165) is 42.8 Å². The minimum Gasteiger partial charge on any atom is -0.376 e. The molecule has 4 rings (SSSR count). The summed E-state index contributed by atoms with van der Waals surface area (Å²) in [5.74, 6) is -0.403. The lowest BCUT2D eigenvalue weighted by molar-refractivity contribution is 0.107. The molecule has 1 fully saturated rings. The fourth-order valence-corrected chi connectivity index (χ4v) is 5.82. The molecule has 1 unspecified atom stereocenters. The van der Waals surface area contributed by atoms with Crippen molar-refractivity contribution in [3.8, 4) is 0 Å². The first kappa shape index (κ1) is 18.6. The Morgan fingerprint density at radius 1 is 1.37 bits per heavy atom. The summed E-state index contributed by atoms with van der Waals surface area (Å²) < 4.78 is 49.2. The van der Waals surface area contributed by atoms with Crippen molar-refractivity contribution < 1.29 is 17.5 Å². The van der Waals surface area contributed by atoms with E-state index < -0.39 is 15.8 Å². The van der Waals surface area contributed by atoms with Gasteiger partial charge in [-0.1, -0.05) is 0 Å². The van der Waals surface area contributed by atoms with Crippen LogP contribution >= 0.6 is 0 Å². The molecule has 3 heterocycles. The van der Waals surface area contributed by atoms with Gasteiger partial charge in [0.05, 0.1) is 29.8 Å². The topological polar surface area (TPSA) is 64.4 Å². The molecular formula is C19H24FN3O3S. The Morgan fingerprint density at radius 3 is 2.93 bits per heavy atom. The minimum absolute atomic E-state index is 0.133. The highest BCUT2D eigenvalue weighted by atomic mass is 32.2. The van der Waals surface area contributed by atoms with Gasteiger partial charge in [0.1, 0.15) is 5.82 Å². The van der Waals surface area contributed by atoms with E-state index in [1.165, 1.54) is 22.5 Å². The Balaban J connectivity index is 1.74. The van der Waals surface area contributed by atoms with Crippen molar-refractivity contribution in [1.82, 2.24) is 14.1 Å². The number of fused-ring (bicyclic) bond motifs is 1. The Labute approximate surface area is 159 Å². The summed E-state index contributed by atoms with van der Waals surface area (Å²) in [6.07, 6.45) is 2.30. The fourth-order valence-electron chi connectivity index (χ4n) is 4.08. The van der Waals surface area contributed by atoms with Gasteiger partial charge in [-0.3, -0.25) is 4.68 Å². The summed E-state index contributed by atoms with van der Waals surface area (Å²) >= 11 is 0. The Kier molecular flexibility index (Phi) is 4.82. The zero-order valence-corrected chi connectivity index (χ0v) is 16.4. The zero-order valence-electron chi connectivity index (χ0n) is 15.6. The summed E-state index contributed by atoms with van der Waals surface area (Å²) in [5, 5.41) is 4.75. The number of hydrogen-bond donors (Lipinski definition) is 0. The highest BCUT2D eigenvalue weighted by molar-refractivity contribution is 7.89. The van der Waals surface area contributed by atoms with Crippen LogP contribution in [0.25, 0.3) is 0 Å². The molecule has 0 amide bonds. The quantitative estimate of drug-likeness (QED) is 0.801. The fraction of sp³-hybridized carbons (Fsp3) is 0.526. The summed E-state index contributed by atoms with van der Waals surface area (Å²) in [6.45, 7) is 5.95. The van der Waals surface area contributed by atoms with Gasteiger partial charge in [-0.15, -0.1) is 0 Å². The van der Waals surface area contributed by atoms with Crippen LogP contribution in [-0.4, -0.2) is 35.7 Å². The highest BCUT2D eigenvalue weighted by Crippen LogP contribution is 2.39. The molecule has 8 heteroatoms. The van der Waals surface area contributed by atoms with Crippen molar-refractivity contribution in [3.05, 3.63) is 46.5 Å². The maximum absolute atomic E-state index is 13.6. The second kappa shape index (κ2) is 7.00. The van der Waals surface area contributed by atoms with Crippen molar-refractivity contribution in [1.29, 1.82) is 0 Å². The molecule has 1 aromatic heterocycles. The van der Waals surface area contributed by atoms with Crippen molar-refractivity contribution >= 4 is 10.0 Å². The molecule has 2 aliphatic heterocycles. The number of halogens is 1. The smallest absolute Gasteiger partial charge is 0.243 e. The van der Waals surface area contributed by atoms with Gasteiger partial charge >= 0.3 is 0 Å². The number of sulfonamides is 1. The standard InChI is InChI=1S/C19H24FN3O3S/c1-3-22-17-8-10-26-12-15(17)19(21-22)18-5-4-9-23(18)27(24,25)14-6-7-16(20)13(2)11-14/h6-7,11,18H,3-5,8-10,12H2,1-2H3. The minimum atomic E-state index is -3.72. The maximum Gasteiger partial charge on any atom is 0.243 e. The Bertz CT molecular complexity index is 971. The van der Waals surface area contributed by atoms with Crippen LogP contribution in [0.15, 0.2) is 23.1 Å². The summed E-state index contributed by atoms with van der Waals surface area (Å²) in [6, 6.07) is 3.66. The molecule has 1 saturated heterocycles. The third kappa shape index (κ3) is 3.09. The van der Waals surface area contributed by atoms with E-state index >= 15 is 0 Å². The lowest BCUT2D eigenvalue weighted by Gasteiger charge is -2.24. The van der Waals surface area contributed by atoms with Gasteiger partial charge in [0.2, 0.25) is 10.0 Å². The van der Waals surface area contributed by atoms with Crippen molar-refractivity contribution in [3.63, 3.8) is 0 Å². The molecule has 1 atom stereocenters. The monoisotopic (exact) mass is 393 g/mol. The molecule has 0 radical (unpaired) electrons. The molecule has 1 aromatic carbocycles. The van der Waals surface area contributed by atoms with E-state index in [4.69, 9.17) is 9.84 Å². The van der Waals surface area contributed by atoms with Crippen molar-refractivity contribution in [2.75, 3.05) is 13.2 Å². The molecule has 2 aliphatic rings. The number of nitrogens with zero attached hydrogens (tertiary/aromatic N) is 3. The third-order valence-corrected chi connectivity index (χ3v) is 7.39. The molecule has 0 N–H and O–H groups in total. The van der Waals surface area contributed by atoms with E-state index in [2.05, 4.69) is 0 Å². The molecule has 2 aromatic rings. The van der Waals surface area contributed by atoms with Crippen LogP contribution in [-0.2, 0) is 34.3 Å². The SMILES string of the molecule is CCn1nc(C2CCCN2S(=O)(=O)c2ccc(F)c(C)c2)c2c1CCOC2. The van der Waals surface area contributed by atoms with Crippen LogP contribution < -0.4 is 0 Å². The van der Waals surface area contributed by atoms with Gasteiger partial charge in [-0.2, -0.15) is 9.40 Å². The van der Waals surface area contributed by atoms with Crippen LogP contribution in [0.4, 0.5) is 4.39 Å². The van der Waals surface area contributed by atoms with Crippen molar-refractivity contribution in [2.45, 2.75) is 57.2 Å². The van der Waals surface area contributed by atoms with Crippen molar-refractivity contribution in [2.24, 2.45) is 0 Å². The molecular weight excluding hydrogens is 369 g/mol. The molecule has 6 nitrogen and oxygen atoms in total. The van der Waals surface area contributed by atoms with Crippen LogP contribution in [0.2, 0.25) is 0 Å². The van der Waals surface area contributed by atoms with Gasteiger partial charge in [0, 0.05) is 30.8 Å². The van der Waals surface area contributed by atoms with Gasteiger partial charge < -0.3 is 4.74 Å². The Morgan fingerprint density at radius 2 is 2.19 bits per heavy atom. The normalized spacial score (nSPS) is 20.8. The lowest BCUT2D eigenvalue weighted by Crippen LogP contribution is -2.31. The molecule has 146 valence electrons. The van der Waals surface area contributed by atoms with Crippen LogP contribution in [0.5, 0.6) is 0 Å². The molecule has 0 bridgehead atoms. The van der Waals surface area contributed by atoms with E-state index in [1.54, 1.807) is 6.92 Å². The van der Waals surface area contributed by atoms with Crippen LogP contribution in [0, 0.1) is 12.7 Å². The van der Waals surface area contributed by atoms with E-state index in [0.29, 0.717) is 25.3 Å². The number of hydrogen-bond acceptors (Lipinski definition) is 4. The number of benzene rings is 1. The summed E-state index contributed by atoms with van der Waals surface area (Å²) in [5.41, 5.74) is 3.32. The predicted octanol–water partition coefficient (Wildman–Crippen LogP) is 2.95. The lowest BCUT2D eigenvalue weighted by atomic mass is 10.0. The zero-order chi connectivity index (χ0) is 19.2. The van der Waals surface area contributed by atoms with E-state index in [-0.39, 0.29) is 10.9 Å². The summed E-state index contributed by atoms with van der Waals surface area (Å²) in [4.78, 5) is 0.133. The van der Waals surface area contributed by atoms with Gasteiger partial charge in [0.25, 0.3) is 0 Å². The molecule has 0 spiro atoms. The first-order chi connectivity index (χ1) is 12.9. The number of ether oxygens (including phenoxy) is 1. The predicted molar refractivity (Wildman–Crippen MR) is 98.3 cm³/mol. The molecule has 0 saturated carbocycles. The van der Waals surface area contributed by atoms with Gasteiger partial charge in [-0.25, -0.2) is 12.8 Å². The third-order valence-electron chi connectivity index (χ3n) is 5.48. The van der Waals surface area contributed by atoms with E-state index in [1.807, 2.05) is 11.6 Å². The number of rotatable bonds is 4. The number of aromatic nitrogens is 2. The average molecular weight is 393 g/mol. The molecule has 0 aliphatic carbocycles. The largest absolute Gasteiger partial charge is 0.376 e. The van der Waals surface area contributed by atoms with Gasteiger partial charge in [-0.05, 0) is 50.5 Å². The molecule has 27 heavy (non-hydrogen) atoms. The summed E-state index contributed by atoms with van der Waals surface area (Å²) in [7, 11) is -3.72. The first-order valence-electron chi connectivity index (χ1n) is 9.37. The maximum atomic E-state index is 13.6.